The third kappa shape index (κ3) is 2.28. The summed E-state index contributed by atoms with van der Waals surface area (Å²) in [6, 6.07) is 7.12. The molecule has 1 N–H and O–H groups in total. The summed E-state index contributed by atoms with van der Waals surface area (Å²) in [7, 11) is 0. The maximum Gasteiger partial charge on any atom is 0.122 e. The summed E-state index contributed by atoms with van der Waals surface area (Å²) in [4.78, 5) is 0. The minimum atomic E-state index is 0.268. The van der Waals surface area contributed by atoms with Gasteiger partial charge in [0, 0.05) is 10.6 Å². The number of benzene rings is 1. The number of para-hydroxylation sites is 1. The highest BCUT2D eigenvalue weighted by atomic mass is 35.5. The number of allylic oxidation sites excluding steroid dienone is 1. The van der Waals surface area contributed by atoms with E-state index in [2.05, 4.69) is 0 Å². The van der Waals surface area contributed by atoms with Crippen LogP contribution in [-0.4, -0.2) is 5.11 Å². The maximum absolute atomic E-state index is 9.35. The Labute approximate surface area is 77.3 Å². The fraction of sp³-hybridized carbons (Fsp3) is 0.200. The second-order valence-corrected chi connectivity index (χ2v) is 2.99. The van der Waals surface area contributed by atoms with Gasteiger partial charge in [-0.05, 0) is 18.6 Å². The molecule has 1 rings (SSSR count). The van der Waals surface area contributed by atoms with E-state index in [1.54, 1.807) is 18.2 Å². The Morgan fingerprint density at radius 2 is 2.17 bits per heavy atom. The fourth-order valence-corrected chi connectivity index (χ4v) is 0.998. The highest BCUT2D eigenvalue weighted by Gasteiger charge is 1.95. The molecule has 0 unspecified atom stereocenters. The molecule has 0 aliphatic rings. The zero-order valence-corrected chi connectivity index (χ0v) is 7.67. The van der Waals surface area contributed by atoms with Crippen molar-refractivity contribution in [2.45, 2.75) is 13.3 Å². The summed E-state index contributed by atoms with van der Waals surface area (Å²) >= 11 is 5.82. The van der Waals surface area contributed by atoms with Gasteiger partial charge in [-0.1, -0.05) is 36.7 Å². The van der Waals surface area contributed by atoms with Gasteiger partial charge < -0.3 is 5.11 Å². The molecule has 2 heteroatoms. The zero-order valence-electron chi connectivity index (χ0n) is 6.92. The van der Waals surface area contributed by atoms with Gasteiger partial charge in [-0.15, -0.1) is 0 Å². The first-order valence-corrected chi connectivity index (χ1v) is 4.26. The van der Waals surface area contributed by atoms with E-state index in [0.29, 0.717) is 0 Å². The van der Waals surface area contributed by atoms with Crippen LogP contribution in [0.25, 0.3) is 6.08 Å². The normalized spacial score (nSPS) is 11.7. The number of phenols is 1. The first-order chi connectivity index (χ1) is 5.74. The Hall–Kier alpha value is -0.950. The van der Waals surface area contributed by atoms with Gasteiger partial charge in [-0.2, -0.15) is 0 Å². The van der Waals surface area contributed by atoms with Gasteiger partial charge in [-0.3, -0.25) is 0 Å². The fourth-order valence-electron chi connectivity index (χ4n) is 0.880. The first-order valence-electron chi connectivity index (χ1n) is 3.88. The topological polar surface area (TPSA) is 20.2 Å². The number of halogens is 1. The molecule has 0 radical (unpaired) electrons. The standard InChI is InChI=1S/C10H11ClO/c1-2-9(11)7-8-5-3-4-6-10(8)12/h3-7,12H,2H2,1H3. The lowest BCUT2D eigenvalue weighted by atomic mass is 10.2. The summed E-state index contributed by atoms with van der Waals surface area (Å²) in [5.74, 6) is 0.268. The van der Waals surface area contributed by atoms with Crippen LogP contribution in [0.4, 0.5) is 0 Å². The van der Waals surface area contributed by atoms with Crippen LogP contribution in [0.2, 0.25) is 0 Å². The molecule has 0 fully saturated rings. The quantitative estimate of drug-likeness (QED) is 0.744. The van der Waals surface area contributed by atoms with Gasteiger partial charge in [0.05, 0.1) is 0 Å². The predicted octanol–water partition coefficient (Wildman–Crippen LogP) is 3.38. The minimum absolute atomic E-state index is 0.268. The molecule has 0 aliphatic heterocycles. The molecule has 1 aromatic rings. The number of rotatable bonds is 2. The zero-order chi connectivity index (χ0) is 8.97. The molecule has 0 atom stereocenters. The van der Waals surface area contributed by atoms with Crippen molar-refractivity contribution in [1.82, 2.24) is 0 Å². The average Bonchev–Trinajstić information content (AvgIpc) is 2.09. The van der Waals surface area contributed by atoms with Crippen molar-refractivity contribution < 1.29 is 5.11 Å². The Bertz CT molecular complexity index is 292. The Kier molecular flexibility index (Phi) is 3.18. The lowest BCUT2D eigenvalue weighted by molar-refractivity contribution is 0.474. The van der Waals surface area contributed by atoms with Crippen molar-refractivity contribution in [2.75, 3.05) is 0 Å². The lowest BCUT2D eigenvalue weighted by Crippen LogP contribution is -1.74. The Morgan fingerprint density at radius 3 is 2.75 bits per heavy atom. The highest BCUT2D eigenvalue weighted by molar-refractivity contribution is 6.31. The van der Waals surface area contributed by atoms with E-state index in [1.807, 2.05) is 19.1 Å². The Balaban J connectivity index is 2.96. The summed E-state index contributed by atoms with van der Waals surface area (Å²) in [5.41, 5.74) is 0.768. The van der Waals surface area contributed by atoms with E-state index >= 15 is 0 Å². The van der Waals surface area contributed by atoms with E-state index in [1.165, 1.54) is 0 Å². The number of aromatic hydroxyl groups is 1. The smallest absolute Gasteiger partial charge is 0.122 e. The van der Waals surface area contributed by atoms with Crippen LogP contribution in [0.3, 0.4) is 0 Å². The second-order valence-electron chi connectivity index (χ2n) is 2.50. The van der Waals surface area contributed by atoms with E-state index in [4.69, 9.17) is 11.6 Å². The Morgan fingerprint density at radius 1 is 1.50 bits per heavy atom. The lowest BCUT2D eigenvalue weighted by Gasteiger charge is -1.98. The van der Waals surface area contributed by atoms with Crippen LogP contribution in [0.15, 0.2) is 29.3 Å². The van der Waals surface area contributed by atoms with Gasteiger partial charge in [-0.25, -0.2) is 0 Å². The molecule has 0 heterocycles. The van der Waals surface area contributed by atoms with Crippen LogP contribution in [-0.2, 0) is 0 Å². The van der Waals surface area contributed by atoms with Crippen molar-refractivity contribution in [3.8, 4) is 5.75 Å². The molecule has 12 heavy (non-hydrogen) atoms. The highest BCUT2D eigenvalue weighted by Crippen LogP contribution is 2.21. The van der Waals surface area contributed by atoms with Gasteiger partial charge in [0.2, 0.25) is 0 Å². The van der Waals surface area contributed by atoms with Crippen LogP contribution in [0.5, 0.6) is 5.75 Å². The molecule has 0 spiro atoms. The molecular formula is C10H11ClO. The molecule has 0 aromatic heterocycles. The van der Waals surface area contributed by atoms with Gasteiger partial charge in [0.1, 0.15) is 5.75 Å². The SMILES string of the molecule is CCC(Cl)=Cc1ccccc1O. The molecular weight excluding hydrogens is 172 g/mol. The molecule has 1 nitrogen and oxygen atoms in total. The summed E-state index contributed by atoms with van der Waals surface area (Å²) < 4.78 is 0. The number of hydrogen-bond acceptors (Lipinski definition) is 1. The van der Waals surface area contributed by atoms with Crippen molar-refractivity contribution in [3.05, 3.63) is 34.9 Å². The minimum Gasteiger partial charge on any atom is -0.507 e. The largest absolute Gasteiger partial charge is 0.507 e. The molecule has 64 valence electrons. The van der Waals surface area contributed by atoms with Crippen LogP contribution in [0.1, 0.15) is 18.9 Å². The second kappa shape index (κ2) is 4.17. The van der Waals surface area contributed by atoms with Crippen LogP contribution >= 0.6 is 11.6 Å². The molecule has 0 bridgehead atoms. The number of phenolic OH excluding ortho intramolecular Hbond substituents is 1. The molecule has 0 aliphatic carbocycles. The number of hydrogen-bond donors (Lipinski definition) is 1. The van der Waals surface area contributed by atoms with E-state index in [9.17, 15) is 5.11 Å². The van der Waals surface area contributed by atoms with Crippen LogP contribution in [0, 0.1) is 0 Å². The molecule has 0 saturated heterocycles. The monoisotopic (exact) mass is 182 g/mol. The predicted molar refractivity (Wildman–Crippen MR) is 52.2 cm³/mol. The summed E-state index contributed by atoms with van der Waals surface area (Å²) in [6.07, 6.45) is 2.56. The van der Waals surface area contributed by atoms with Gasteiger partial charge >= 0.3 is 0 Å². The van der Waals surface area contributed by atoms with Crippen LogP contribution < -0.4 is 0 Å². The van der Waals surface area contributed by atoms with Gasteiger partial charge in [0.15, 0.2) is 0 Å². The third-order valence-electron chi connectivity index (χ3n) is 1.59. The van der Waals surface area contributed by atoms with Crippen molar-refractivity contribution in [2.24, 2.45) is 0 Å². The molecule has 0 amide bonds. The van der Waals surface area contributed by atoms with Gasteiger partial charge in [0.25, 0.3) is 0 Å². The summed E-state index contributed by atoms with van der Waals surface area (Å²) in [6.45, 7) is 1.97. The van der Waals surface area contributed by atoms with E-state index < -0.39 is 0 Å². The maximum atomic E-state index is 9.35. The first kappa shape index (κ1) is 9.14. The van der Waals surface area contributed by atoms with Crippen molar-refractivity contribution >= 4 is 17.7 Å². The summed E-state index contributed by atoms with van der Waals surface area (Å²) in [5, 5.41) is 10.1. The average molecular weight is 183 g/mol. The van der Waals surface area contributed by atoms with Crippen molar-refractivity contribution in [1.29, 1.82) is 0 Å². The van der Waals surface area contributed by atoms with Crippen molar-refractivity contribution in [3.63, 3.8) is 0 Å². The molecule has 1 aromatic carbocycles. The van der Waals surface area contributed by atoms with E-state index in [-0.39, 0.29) is 5.75 Å². The third-order valence-corrected chi connectivity index (χ3v) is 1.96. The molecule has 0 saturated carbocycles. The van der Waals surface area contributed by atoms with E-state index in [0.717, 1.165) is 17.0 Å².